The van der Waals surface area contributed by atoms with E-state index in [4.69, 9.17) is 10.5 Å². The van der Waals surface area contributed by atoms with Crippen molar-refractivity contribution < 1.29 is 13.9 Å². The number of methoxy groups -OCH3 is 1. The van der Waals surface area contributed by atoms with Crippen molar-refractivity contribution in [2.75, 3.05) is 12.8 Å². The first kappa shape index (κ1) is 15.5. The van der Waals surface area contributed by atoms with Gasteiger partial charge in [0.05, 0.1) is 18.4 Å². The molecule has 0 saturated heterocycles. The number of rotatable bonds is 3. The van der Waals surface area contributed by atoms with Gasteiger partial charge in [0.15, 0.2) is 5.78 Å². The zero-order valence-electron chi connectivity index (χ0n) is 12.0. The van der Waals surface area contributed by atoms with Crippen molar-refractivity contribution in [3.8, 4) is 5.75 Å². The van der Waals surface area contributed by atoms with Gasteiger partial charge < -0.3 is 10.5 Å². The lowest BCUT2D eigenvalue weighted by Crippen LogP contribution is -2.09. The highest BCUT2D eigenvalue weighted by molar-refractivity contribution is 9.10. The molecule has 0 fully saturated rings. The average molecular weight is 352 g/mol. The molecule has 21 heavy (non-hydrogen) atoms. The second-order valence-corrected chi connectivity index (χ2v) is 5.63. The number of hydrogen-bond acceptors (Lipinski definition) is 3. The van der Waals surface area contributed by atoms with Gasteiger partial charge in [0.1, 0.15) is 11.6 Å². The zero-order valence-corrected chi connectivity index (χ0v) is 13.5. The molecule has 0 unspecified atom stereocenters. The molecule has 110 valence electrons. The van der Waals surface area contributed by atoms with Gasteiger partial charge in [0, 0.05) is 10.0 Å². The van der Waals surface area contributed by atoms with E-state index in [9.17, 15) is 9.18 Å². The van der Waals surface area contributed by atoms with Crippen LogP contribution in [0.25, 0.3) is 0 Å². The number of halogens is 2. The summed E-state index contributed by atoms with van der Waals surface area (Å²) in [5.74, 6) is -0.408. The molecule has 0 amide bonds. The molecule has 3 nitrogen and oxygen atoms in total. The summed E-state index contributed by atoms with van der Waals surface area (Å²) in [7, 11) is 1.51. The highest BCUT2D eigenvalue weighted by Gasteiger charge is 2.21. The maximum absolute atomic E-state index is 13.6. The van der Waals surface area contributed by atoms with E-state index in [0.717, 1.165) is 21.7 Å². The fourth-order valence-corrected chi connectivity index (χ4v) is 2.74. The normalized spacial score (nSPS) is 10.5. The van der Waals surface area contributed by atoms with Crippen molar-refractivity contribution in [3.05, 3.63) is 56.8 Å². The van der Waals surface area contributed by atoms with E-state index >= 15 is 0 Å². The Morgan fingerprint density at radius 2 is 1.95 bits per heavy atom. The van der Waals surface area contributed by atoms with Crippen molar-refractivity contribution in [1.29, 1.82) is 0 Å². The molecule has 0 aliphatic carbocycles. The van der Waals surface area contributed by atoms with Gasteiger partial charge in [-0.25, -0.2) is 4.39 Å². The van der Waals surface area contributed by atoms with Crippen molar-refractivity contribution in [1.82, 2.24) is 0 Å². The number of nitrogen functional groups attached to an aromatic ring is 1. The van der Waals surface area contributed by atoms with Crippen LogP contribution in [0.1, 0.15) is 27.0 Å². The Labute approximate surface area is 131 Å². The van der Waals surface area contributed by atoms with Crippen LogP contribution in [0.2, 0.25) is 0 Å². The number of carbonyl (C=O) groups excluding carboxylic acids is 1. The molecule has 0 saturated carbocycles. The molecule has 2 N–H and O–H groups in total. The minimum Gasteiger partial charge on any atom is -0.496 e. The van der Waals surface area contributed by atoms with E-state index in [1.165, 1.54) is 19.2 Å². The van der Waals surface area contributed by atoms with Crippen LogP contribution in [-0.4, -0.2) is 12.9 Å². The van der Waals surface area contributed by atoms with Crippen LogP contribution >= 0.6 is 15.9 Å². The Bertz CT molecular complexity index is 729. The number of hydrogen-bond donors (Lipinski definition) is 1. The third-order valence-electron chi connectivity index (χ3n) is 3.36. The van der Waals surface area contributed by atoms with Gasteiger partial charge in [-0.05, 0) is 49.2 Å². The van der Waals surface area contributed by atoms with Crippen molar-refractivity contribution in [2.45, 2.75) is 13.8 Å². The number of anilines is 1. The Balaban J connectivity index is 2.65. The molecular formula is C16H15BrFNO2. The van der Waals surface area contributed by atoms with Gasteiger partial charge in [-0.3, -0.25) is 4.79 Å². The molecule has 0 radical (unpaired) electrons. The second-order valence-electron chi connectivity index (χ2n) is 4.77. The molecule has 2 aromatic carbocycles. The second kappa shape index (κ2) is 5.85. The summed E-state index contributed by atoms with van der Waals surface area (Å²) in [6.07, 6.45) is 0. The molecular weight excluding hydrogens is 337 g/mol. The summed E-state index contributed by atoms with van der Waals surface area (Å²) in [5, 5.41) is 0. The molecule has 5 heteroatoms. The average Bonchev–Trinajstić information content (AvgIpc) is 2.44. The largest absolute Gasteiger partial charge is 0.496 e. The molecule has 0 spiro atoms. The van der Waals surface area contributed by atoms with E-state index in [1.54, 1.807) is 0 Å². The summed E-state index contributed by atoms with van der Waals surface area (Å²) in [5.41, 5.74) is 7.70. The van der Waals surface area contributed by atoms with Crippen molar-refractivity contribution in [2.24, 2.45) is 0 Å². The lowest BCUT2D eigenvalue weighted by molar-refractivity contribution is 0.103. The molecule has 0 aliphatic rings. The van der Waals surface area contributed by atoms with E-state index < -0.39 is 5.82 Å². The van der Waals surface area contributed by atoms with Crippen LogP contribution in [0, 0.1) is 19.7 Å². The smallest absolute Gasteiger partial charge is 0.197 e. The van der Waals surface area contributed by atoms with E-state index in [2.05, 4.69) is 15.9 Å². The summed E-state index contributed by atoms with van der Waals surface area (Å²) in [6, 6.07) is 5.92. The van der Waals surface area contributed by atoms with Crippen LogP contribution in [0.3, 0.4) is 0 Å². The van der Waals surface area contributed by atoms with Gasteiger partial charge in [0.2, 0.25) is 0 Å². The predicted molar refractivity (Wildman–Crippen MR) is 84.4 cm³/mol. The minimum absolute atomic E-state index is 0.0145. The maximum Gasteiger partial charge on any atom is 0.197 e. The molecule has 0 atom stereocenters. The van der Waals surface area contributed by atoms with E-state index in [0.29, 0.717) is 11.3 Å². The first-order chi connectivity index (χ1) is 9.86. The lowest BCUT2D eigenvalue weighted by atomic mass is 9.95. The maximum atomic E-state index is 13.6. The van der Waals surface area contributed by atoms with Crippen LogP contribution < -0.4 is 10.5 Å². The SMILES string of the molecule is COc1c(C)cc(Br)c(C)c1C(=O)c1ccc(N)c(F)c1. The van der Waals surface area contributed by atoms with Gasteiger partial charge in [-0.1, -0.05) is 15.9 Å². The molecule has 0 heterocycles. The molecule has 0 bridgehead atoms. The lowest BCUT2D eigenvalue weighted by Gasteiger charge is -2.15. The first-order valence-corrected chi connectivity index (χ1v) is 7.09. The van der Waals surface area contributed by atoms with Crippen molar-refractivity contribution >= 4 is 27.4 Å². The molecule has 0 aliphatic heterocycles. The topological polar surface area (TPSA) is 52.3 Å². The molecule has 0 aromatic heterocycles. The summed E-state index contributed by atoms with van der Waals surface area (Å²) in [6.45, 7) is 3.66. The zero-order chi connectivity index (χ0) is 15.7. The monoisotopic (exact) mass is 351 g/mol. The van der Waals surface area contributed by atoms with Gasteiger partial charge in [-0.15, -0.1) is 0 Å². The van der Waals surface area contributed by atoms with Crippen LogP contribution in [0.15, 0.2) is 28.7 Å². The fraction of sp³-hybridized carbons (Fsp3) is 0.188. The number of nitrogens with two attached hydrogens (primary N) is 1. The summed E-state index contributed by atoms with van der Waals surface area (Å²) in [4.78, 5) is 12.7. The first-order valence-electron chi connectivity index (χ1n) is 6.30. The van der Waals surface area contributed by atoms with Crippen LogP contribution in [0.4, 0.5) is 10.1 Å². The molecule has 2 aromatic rings. The number of ketones is 1. The Hall–Kier alpha value is -1.88. The quantitative estimate of drug-likeness (QED) is 0.670. The van der Waals surface area contributed by atoms with E-state index in [-0.39, 0.29) is 17.0 Å². The van der Waals surface area contributed by atoms with Gasteiger partial charge in [-0.2, -0.15) is 0 Å². The number of ether oxygens (including phenoxy) is 1. The van der Waals surface area contributed by atoms with Gasteiger partial charge >= 0.3 is 0 Å². The highest BCUT2D eigenvalue weighted by Crippen LogP contribution is 2.34. The number of aryl methyl sites for hydroxylation is 1. The van der Waals surface area contributed by atoms with E-state index in [1.807, 2.05) is 19.9 Å². The van der Waals surface area contributed by atoms with Crippen molar-refractivity contribution in [3.63, 3.8) is 0 Å². The fourth-order valence-electron chi connectivity index (χ4n) is 2.20. The third-order valence-corrected chi connectivity index (χ3v) is 4.18. The molecule has 2 rings (SSSR count). The van der Waals surface area contributed by atoms with Gasteiger partial charge in [0.25, 0.3) is 0 Å². The minimum atomic E-state index is -0.607. The summed E-state index contributed by atoms with van der Waals surface area (Å²) < 4.78 is 19.7. The van der Waals surface area contributed by atoms with Crippen LogP contribution in [0.5, 0.6) is 5.75 Å². The Morgan fingerprint density at radius 3 is 2.52 bits per heavy atom. The Kier molecular flexibility index (Phi) is 4.32. The summed E-state index contributed by atoms with van der Waals surface area (Å²) >= 11 is 3.43. The number of benzene rings is 2. The highest BCUT2D eigenvalue weighted by atomic mass is 79.9. The Morgan fingerprint density at radius 1 is 1.29 bits per heavy atom. The predicted octanol–water partition coefficient (Wildman–Crippen LogP) is 4.03. The van der Waals surface area contributed by atoms with Crippen LogP contribution in [-0.2, 0) is 0 Å². The standard InChI is InChI=1S/C16H15BrFNO2/c1-8-6-11(17)9(2)14(16(8)21-3)15(20)10-4-5-13(19)12(18)7-10/h4-7H,19H2,1-3H3. The third kappa shape index (κ3) is 2.78. The number of carbonyl (C=O) groups is 1.